The fraction of sp³-hybridized carbons (Fsp3) is 0.200. The van der Waals surface area contributed by atoms with Crippen LogP contribution in [0.5, 0.6) is 0 Å². The molecule has 0 fully saturated rings. The summed E-state index contributed by atoms with van der Waals surface area (Å²) in [5.41, 5.74) is 12.9. The summed E-state index contributed by atoms with van der Waals surface area (Å²) in [6.45, 7) is 1.94. The summed E-state index contributed by atoms with van der Waals surface area (Å²) in [6.07, 6.45) is 0. The van der Waals surface area contributed by atoms with Crippen molar-refractivity contribution in [1.29, 1.82) is 0 Å². The number of amides is 1. The second-order valence-electron chi connectivity index (χ2n) is 3.40. The van der Waals surface area contributed by atoms with Crippen molar-refractivity contribution in [3.05, 3.63) is 29.7 Å². The number of hydrogen-bond acceptors (Lipinski definition) is 4. The van der Waals surface area contributed by atoms with Crippen molar-refractivity contribution in [2.75, 3.05) is 0 Å². The van der Waals surface area contributed by atoms with E-state index in [0.717, 1.165) is 5.56 Å². The number of carbonyl (C=O) groups is 1. The molecule has 4 N–H and O–H groups in total. The second-order valence-corrected chi connectivity index (χ2v) is 3.40. The van der Waals surface area contributed by atoms with Crippen LogP contribution in [-0.2, 0) is 4.79 Å². The maximum Gasteiger partial charge on any atom is 0.243 e. The predicted molar refractivity (Wildman–Crippen MR) is 54.9 cm³/mol. The molecule has 1 unspecified atom stereocenters. The molecule has 0 aliphatic carbocycles. The molecule has 0 aliphatic rings. The Balaban J connectivity index is 2.51. The number of hydrogen-bond donors (Lipinski definition) is 2. The van der Waals surface area contributed by atoms with Gasteiger partial charge in [0.15, 0.2) is 11.6 Å². The molecule has 0 bridgehead atoms. The van der Waals surface area contributed by atoms with Crippen molar-refractivity contribution in [1.82, 2.24) is 4.98 Å². The standard InChI is InChI=1S/C10H11N3O2/c1-5-2-3-6-7(4-5)15-10(13-6)8(11)9(12)14/h2-4,8H,11H2,1H3,(H2,12,14). The summed E-state index contributed by atoms with van der Waals surface area (Å²) in [5, 5.41) is 0. The Kier molecular flexibility index (Phi) is 2.17. The third-order valence-electron chi connectivity index (χ3n) is 2.13. The van der Waals surface area contributed by atoms with Gasteiger partial charge in [0.1, 0.15) is 5.52 Å². The van der Waals surface area contributed by atoms with E-state index >= 15 is 0 Å². The highest BCUT2D eigenvalue weighted by atomic mass is 16.3. The van der Waals surface area contributed by atoms with E-state index in [1.54, 1.807) is 0 Å². The molecule has 5 nitrogen and oxygen atoms in total. The molecule has 0 aliphatic heterocycles. The van der Waals surface area contributed by atoms with Crippen molar-refractivity contribution in [2.24, 2.45) is 11.5 Å². The van der Waals surface area contributed by atoms with Gasteiger partial charge in [-0.2, -0.15) is 0 Å². The van der Waals surface area contributed by atoms with Gasteiger partial charge >= 0.3 is 0 Å². The SMILES string of the molecule is Cc1ccc2nc(C(N)C(N)=O)oc2c1. The average molecular weight is 205 g/mol. The lowest BCUT2D eigenvalue weighted by Crippen LogP contribution is -2.28. The van der Waals surface area contributed by atoms with Gasteiger partial charge in [0.25, 0.3) is 0 Å². The normalized spacial score (nSPS) is 12.9. The van der Waals surface area contributed by atoms with Gasteiger partial charge < -0.3 is 15.9 Å². The number of primary amides is 1. The first kappa shape index (κ1) is 9.67. The van der Waals surface area contributed by atoms with Crippen molar-refractivity contribution >= 4 is 17.0 Å². The predicted octanol–water partition coefficient (Wildman–Crippen LogP) is 0.621. The zero-order chi connectivity index (χ0) is 11.0. The first-order chi connectivity index (χ1) is 7.08. The van der Waals surface area contributed by atoms with E-state index in [1.807, 2.05) is 25.1 Å². The number of oxazole rings is 1. The lowest BCUT2D eigenvalue weighted by molar-refractivity contribution is -0.119. The molecule has 1 amide bonds. The lowest BCUT2D eigenvalue weighted by Gasteiger charge is -1.99. The maximum atomic E-state index is 10.8. The van der Waals surface area contributed by atoms with Gasteiger partial charge in [-0.25, -0.2) is 4.98 Å². The molecule has 2 rings (SSSR count). The highest BCUT2D eigenvalue weighted by Gasteiger charge is 2.18. The van der Waals surface area contributed by atoms with E-state index in [1.165, 1.54) is 0 Å². The topological polar surface area (TPSA) is 95.1 Å². The van der Waals surface area contributed by atoms with Crippen LogP contribution in [0.15, 0.2) is 22.6 Å². The van der Waals surface area contributed by atoms with Crippen LogP contribution in [0, 0.1) is 6.92 Å². The molecule has 15 heavy (non-hydrogen) atoms. The third kappa shape index (κ3) is 1.69. The minimum absolute atomic E-state index is 0.156. The van der Waals surface area contributed by atoms with Crippen molar-refractivity contribution in [3.63, 3.8) is 0 Å². The van der Waals surface area contributed by atoms with Gasteiger partial charge in [-0.05, 0) is 24.6 Å². The lowest BCUT2D eigenvalue weighted by atomic mass is 10.2. The molecule has 1 heterocycles. The van der Waals surface area contributed by atoms with Crippen LogP contribution in [0.1, 0.15) is 17.5 Å². The van der Waals surface area contributed by atoms with E-state index in [0.29, 0.717) is 11.1 Å². The molecule has 1 aromatic carbocycles. The summed E-state index contributed by atoms with van der Waals surface area (Å²) in [6, 6.07) is 4.56. The van der Waals surface area contributed by atoms with Crippen molar-refractivity contribution in [3.8, 4) is 0 Å². The molecular weight excluding hydrogens is 194 g/mol. The number of nitrogens with zero attached hydrogens (tertiary/aromatic N) is 1. The monoisotopic (exact) mass is 205 g/mol. The Labute approximate surface area is 86.1 Å². The number of nitrogens with two attached hydrogens (primary N) is 2. The number of aryl methyl sites for hydroxylation is 1. The molecule has 78 valence electrons. The molecule has 2 aromatic rings. The van der Waals surface area contributed by atoms with Gasteiger partial charge in [-0.1, -0.05) is 6.07 Å². The van der Waals surface area contributed by atoms with Gasteiger partial charge in [0.2, 0.25) is 11.8 Å². The molecule has 1 atom stereocenters. The van der Waals surface area contributed by atoms with E-state index in [2.05, 4.69) is 4.98 Å². The third-order valence-corrected chi connectivity index (χ3v) is 2.13. The summed E-state index contributed by atoms with van der Waals surface area (Å²) in [4.78, 5) is 14.9. The zero-order valence-corrected chi connectivity index (χ0v) is 8.23. The maximum absolute atomic E-state index is 10.8. The second kappa shape index (κ2) is 3.36. The Morgan fingerprint density at radius 3 is 2.93 bits per heavy atom. The molecule has 5 heteroatoms. The minimum atomic E-state index is -0.988. The van der Waals surface area contributed by atoms with Crippen LogP contribution < -0.4 is 11.5 Å². The number of rotatable bonds is 2. The van der Waals surface area contributed by atoms with Crippen LogP contribution in [0.2, 0.25) is 0 Å². The molecule has 1 aromatic heterocycles. The van der Waals surface area contributed by atoms with Crippen molar-refractivity contribution in [2.45, 2.75) is 13.0 Å². The van der Waals surface area contributed by atoms with E-state index < -0.39 is 11.9 Å². The summed E-state index contributed by atoms with van der Waals surface area (Å²) in [7, 11) is 0. The number of benzene rings is 1. The summed E-state index contributed by atoms with van der Waals surface area (Å²) < 4.78 is 5.34. The van der Waals surface area contributed by atoms with E-state index in [4.69, 9.17) is 15.9 Å². The molecule has 0 radical (unpaired) electrons. The van der Waals surface area contributed by atoms with Crippen LogP contribution in [0.4, 0.5) is 0 Å². The Morgan fingerprint density at radius 1 is 1.53 bits per heavy atom. The summed E-state index contributed by atoms with van der Waals surface area (Å²) >= 11 is 0. The minimum Gasteiger partial charge on any atom is -0.438 e. The first-order valence-corrected chi connectivity index (χ1v) is 4.50. The van der Waals surface area contributed by atoms with Crippen LogP contribution in [0.25, 0.3) is 11.1 Å². The number of aromatic nitrogens is 1. The zero-order valence-electron chi connectivity index (χ0n) is 8.23. The largest absolute Gasteiger partial charge is 0.438 e. The first-order valence-electron chi connectivity index (χ1n) is 4.50. The highest BCUT2D eigenvalue weighted by Crippen LogP contribution is 2.19. The number of fused-ring (bicyclic) bond motifs is 1. The Bertz CT molecular complexity index is 518. The van der Waals surface area contributed by atoms with Gasteiger partial charge in [0.05, 0.1) is 0 Å². The summed E-state index contributed by atoms with van der Waals surface area (Å²) in [5.74, 6) is -0.499. The van der Waals surface area contributed by atoms with Crippen LogP contribution in [0.3, 0.4) is 0 Å². The molecule has 0 saturated carbocycles. The van der Waals surface area contributed by atoms with Gasteiger partial charge in [0, 0.05) is 0 Å². The quantitative estimate of drug-likeness (QED) is 0.751. The molecular formula is C10H11N3O2. The van der Waals surface area contributed by atoms with E-state index in [9.17, 15) is 4.79 Å². The van der Waals surface area contributed by atoms with Crippen LogP contribution in [-0.4, -0.2) is 10.9 Å². The smallest absolute Gasteiger partial charge is 0.243 e. The van der Waals surface area contributed by atoms with Gasteiger partial charge in [-0.15, -0.1) is 0 Å². The van der Waals surface area contributed by atoms with E-state index in [-0.39, 0.29) is 5.89 Å². The molecule has 0 spiro atoms. The fourth-order valence-corrected chi connectivity index (χ4v) is 1.30. The Morgan fingerprint density at radius 2 is 2.27 bits per heavy atom. The fourth-order valence-electron chi connectivity index (χ4n) is 1.30. The van der Waals surface area contributed by atoms with Crippen molar-refractivity contribution < 1.29 is 9.21 Å². The average Bonchev–Trinajstić information content (AvgIpc) is 2.58. The highest BCUT2D eigenvalue weighted by molar-refractivity contribution is 5.81. The van der Waals surface area contributed by atoms with Gasteiger partial charge in [-0.3, -0.25) is 4.79 Å². The number of carbonyl (C=O) groups excluding carboxylic acids is 1. The Hall–Kier alpha value is -1.88. The molecule has 0 saturated heterocycles. The van der Waals surface area contributed by atoms with Crippen LogP contribution >= 0.6 is 0 Å².